The summed E-state index contributed by atoms with van der Waals surface area (Å²) < 4.78 is 31.5. The molecule has 0 unspecified atom stereocenters. The molecule has 0 aliphatic heterocycles. The molecule has 0 aliphatic carbocycles. The highest BCUT2D eigenvalue weighted by Gasteiger charge is 2.09. The van der Waals surface area contributed by atoms with E-state index in [1.54, 1.807) is 29.1 Å². The molecule has 3 aromatic rings. The normalized spacial score (nSPS) is 11.5. The zero-order chi connectivity index (χ0) is 20.5. The molecular formula is C21H23F2N5O. The maximum absolute atomic E-state index is 12.6. The molecule has 1 aromatic heterocycles. The van der Waals surface area contributed by atoms with Gasteiger partial charge in [-0.05, 0) is 25.1 Å². The molecule has 29 heavy (non-hydrogen) atoms. The topological polar surface area (TPSA) is 63.5 Å². The van der Waals surface area contributed by atoms with E-state index in [9.17, 15) is 8.78 Å². The van der Waals surface area contributed by atoms with Gasteiger partial charge in [-0.15, -0.1) is 0 Å². The van der Waals surface area contributed by atoms with Gasteiger partial charge in [0.05, 0.1) is 18.4 Å². The number of hydrogen-bond acceptors (Lipinski definition) is 3. The van der Waals surface area contributed by atoms with Gasteiger partial charge in [0.15, 0.2) is 5.96 Å². The molecule has 2 N–H and O–H groups in total. The van der Waals surface area contributed by atoms with Crippen LogP contribution in [0.4, 0.5) is 8.78 Å². The first kappa shape index (κ1) is 20.3. The van der Waals surface area contributed by atoms with Crippen LogP contribution in [0.3, 0.4) is 0 Å². The van der Waals surface area contributed by atoms with E-state index in [2.05, 4.69) is 25.5 Å². The number of benzene rings is 2. The molecule has 0 bridgehead atoms. The van der Waals surface area contributed by atoms with Crippen molar-refractivity contribution in [2.24, 2.45) is 4.99 Å². The van der Waals surface area contributed by atoms with Crippen molar-refractivity contribution in [3.8, 4) is 11.4 Å². The second-order valence-electron chi connectivity index (χ2n) is 6.16. The summed E-state index contributed by atoms with van der Waals surface area (Å²) in [6.45, 7) is 0.497. The number of halogens is 2. The van der Waals surface area contributed by atoms with Crippen molar-refractivity contribution < 1.29 is 13.5 Å². The lowest BCUT2D eigenvalue weighted by Crippen LogP contribution is -2.36. The van der Waals surface area contributed by atoms with E-state index < -0.39 is 6.61 Å². The Morgan fingerprint density at radius 2 is 1.86 bits per heavy atom. The summed E-state index contributed by atoms with van der Waals surface area (Å²) >= 11 is 0. The molecule has 1 heterocycles. The van der Waals surface area contributed by atoms with Crippen molar-refractivity contribution in [3.05, 3.63) is 78.1 Å². The van der Waals surface area contributed by atoms with E-state index in [1.807, 2.05) is 43.5 Å². The smallest absolute Gasteiger partial charge is 0.387 e. The van der Waals surface area contributed by atoms with Gasteiger partial charge in [-0.2, -0.15) is 13.9 Å². The number of para-hydroxylation sites is 2. The summed E-state index contributed by atoms with van der Waals surface area (Å²) in [4.78, 5) is 4.55. The fourth-order valence-corrected chi connectivity index (χ4v) is 2.72. The maximum Gasteiger partial charge on any atom is 0.387 e. The van der Waals surface area contributed by atoms with Crippen molar-refractivity contribution in [2.45, 2.75) is 26.6 Å². The summed E-state index contributed by atoms with van der Waals surface area (Å²) in [5.41, 5.74) is 2.55. The highest BCUT2D eigenvalue weighted by Crippen LogP contribution is 2.19. The number of hydrogen-bond donors (Lipinski definition) is 2. The van der Waals surface area contributed by atoms with Gasteiger partial charge in [0.2, 0.25) is 0 Å². The first-order valence-corrected chi connectivity index (χ1v) is 9.29. The fourth-order valence-electron chi connectivity index (χ4n) is 2.72. The fraction of sp³-hybridized carbons (Fsp3) is 0.238. The number of guanidine groups is 1. The van der Waals surface area contributed by atoms with Crippen LogP contribution in [0.5, 0.6) is 5.75 Å². The SMILES string of the molecule is CCNC(=NCc1cnn(-c2ccccc2)c1)NCc1ccccc1OC(F)F. The van der Waals surface area contributed by atoms with Crippen LogP contribution >= 0.6 is 0 Å². The van der Waals surface area contributed by atoms with E-state index in [1.165, 1.54) is 6.07 Å². The number of alkyl halides is 2. The van der Waals surface area contributed by atoms with Gasteiger partial charge >= 0.3 is 6.61 Å². The largest absolute Gasteiger partial charge is 0.434 e. The third kappa shape index (κ3) is 6.03. The van der Waals surface area contributed by atoms with Crippen LogP contribution in [0.15, 0.2) is 72.0 Å². The minimum atomic E-state index is -2.86. The van der Waals surface area contributed by atoms with Gasteiger partial charge in [0.1, 0.15) is 5.75 Å². The second kappa shape index (κ2) is 10.2. The highest BCUT2D eigenvalue weighted by molar-refractivity contribution is 5.79. The van der Waals surface area contributed by atoms with Crippen molar-refractivity contribution in [2.75, 3.05) is 6.54 Å². The second-order valence-corrected chi connectivity index (χ2v) is 6.16. The Hall–Kier alpha value is -3.42. The number of ether oxygens (including phenoxy) is 1. The highest BCUT2D eigenvalue weighted by atomic mass is 19.3. The summed E-state index contributed by atoms with van der Waals surface area (Å²) in [5, 5.41) is 10.7. The molecule has 0 spiro atoms. The van der Waals surface area contributed by atoms with Gasteiger partial charge in [0, 0.05) is 30.4 Å². The minimum Gasteiger partial charge on any atom is -0.434 e. The zero-order valence-corrected chi connectivity index (χ0v) is 16.1. The lowest BCUT2D eigenvalue weighted by atomic mass is 10.2. The number of aromatic nitrogens is 2. The van der Waals surface area contributed by atoms with Gasteiger partial charge in [-0.1, -0.05) is 36.4 Å². The first-order chi connectivity index (χ1) is 14.2. The summed E-state index contributed by atoms with van der Waals surface area (Å²) in [5.74, 6) is 0.724. The molecule has 3 rings (SSSR count). The predicted molar refractivity (Wildman–Crippen MR) is 108 cm³/mol. The Labute approximate surface area is 168 Å². The Morgan fingerprint density at radius 3 is 2.62 bits per heavy atom. The lowest BCUT2D eigenvalue weighted by molar-refractivity contribution is -0.0504. The quantitative estimate of drug-likeness (QED) is 0.448. The van der Waals surface area contributed by atoms with E-state index in [0.717, 1.165) is 11.3 Å². The standard InChI is InChI=1S/C21H23F2N5O/c1-2-24-21(26-14-17-8-6-7-11-19(17)29-20(22)23)25-12-16-13-27-28(15-16)18-9-4-3-5-10-18/h3-11,13,15,20H,2,12,14H2,1H3,(H2,24,25,26). The van der Waals surface area contributed by atoms with Gasteiger partial charge in [-0.3, -0.25) is 0 Å². The zero-order valence-electron chi connectivity index (χ0n) is 16.1. The molecule has 6 nitrogen and oxygen atoms in total. The third-order valence-electron chi connectivity index (χ3n) is 4.06. The summed E-state index contributed by atoms with van der Waals surface area (Å²) in [6.07, 6.45) is 3.69. The van der Waals surface area contributed by atoms with Crippen LogP contribution in [-0.2, 0) is 13.1 Å². The van der Waals surface area contributed by atoms with E-state index in [-0.39, 0.29) is 5.75 Å². The summed E-state index contributed by atoms with van der Waals surface area (Å²) in [7, 11) is 0. The van der Waals surface area contributed by atoms with Gasteiger partial charge in [-0.25, -0.2) is 9.67 Å². The predicted octanol–water partition coefficient (Wildman–Crippen LogP) is 3.73. The molecule has 8 heteroatoms. The van der Waals surface area contributed by atoms with Crippen LogP contribution in [0, 0.1) is 0 Å². The number of nitrogens with zero attached hydrogens (tertiary/aromatic N) is 3. The van der Waals surface area contributed by atoms with E-state index >= 15 is 0 Å². The van der Waals surface area contributed by atoms with Crippen LogP contribution < -0.4 is 15.4 Å². The van der Waals surface area contributed by atoms with E-state index in [4.69, 9.17) is 0 Å². The van der Waals surface area contributed by atoms with Crippen LogP contribution in [0.2, 0.25) is 0 Å². The van der Waals surface area contributed by atoms with E-state index in [0.29, 0.717) is 31.2 Å². The maximum atomic E-state index is 12.6. The molecule has 0 atom stereocenters. The Morgan fingerprint density at radius 1 is 1.10 bits per heavy atom. The first-order valence-electron chi connectivity index (χ1n) is 9.29. The summed E-state index contributed by atoms with van der Waals surface area (Å²) in [6, 6.07) is 16.5. The van der Waals surface area contributed by atoms with Crippen LogP contribution in [0.1, 0.15) is 18.1 Å². The van der Waals surface area contributed by atoms with Crippen molar-refractivity contribution in [3.63, 3.8) is 0 Å². The number of nitrogens with one attached hydrogen (secondary N) is 2. The molecule has 0 radical (unpaired) electrons. The number of rotatable bonds is 8. The molecule has 0 saturated heterocycles. The Kier molecular flexibility index (Phi) is 7.16. The molecule has 0 saturated carbocycles. The third-order valence-corrected chi connectivity index (χ3v) is 4.06. The van der Waals surface area contributed by atoms with Crippen LogP contribution in [0.25, 0.3) is 5.69 Å². The molecular weight excluding hydrogens is 376 g/mol. The lowest BCUT2D eigenvalue weighted by Gasteiger charge is -2.14. The van der Waals surface area contributed by atoms with Crippen molar-refractivity contribution >= 4 is 5.96 Å². The van der Waals surface area contributed by atoms with Crippen LogP contribution in [-0.4, -0.2) is 28.9 Å². The molecule has 152 valence electrons. The van der Waals surface area contributed by atoms with Crippen molar-refractivity contribution in [1.29, 1.82) is 0 Å². The van der Waals surface area contributed by atoms with Gasteiger partial charge in [0.25, 0.3) is 0 Å². The van der Waals surface area contributed by atoms with Crippen molar-refractivity contribution in [1.82, 2.24) is 20.4 Å². The average molecular weight is 399 g/mol. The average Bonchev–Trinajstić information content (AvgIpc) is 3.20. The molecule has 0 aliphatic rings. The molecule has 0 amide bonds. The number of aliphatic imine (C=N–C) groups is 1. The Bertz CT molecular complexity index is 928. The Balaban J connectivity index is 1.64. The molecule has 0 fully saturated rings. The molecule has 2 aromatic carbocycles. The monoisotopic (exact) mass is 399 g/mol. The minimum absolute atomic E-state index is 0.148. The van der Waals surface area contributed by atoms with Gasteiger partial charge < -0.3 is 15.4 Å².